The molecule has 0 aromatic heterocycles. The van der Waals surface area contributed by atoms with Gasteiger partial charge in [0.25, 0.3) is 0 Å². The zero-order valence-corrected chi connectivity index (χ0v) is 10.3. The van der Waals surface area contributed by atoms with Gasteiger partial charge in [-0.2, -0.15) is 0 Å². The van der Waals surface area contributed by atoms with Gasteiger partial charge in [0, 0.05) is 30.3 Å². The Balaban J connectivity index is 2.65. The Hall–Kier alpha value is -0.540. The molecule has 0 aliphatic carbocycles. The molecule has 1 unspecified atom stereocenters. The Morgan fingerprint density at radius 2 is 2.27 bits per heavy atom. The van der Waals surface area contributed by atoms with Crippen LogP contribution in [0.2, 0.25) is 0 Å². The van der Waals surface area contributed by atoms with Gasteiger partial charge in [0.2, 0.25) is 0 Å². The van der Waals surface area contributed by atoms with Gasteiger partial charge in [0.1, 0.15) is 0 Å². The molecule has 88 valence electrons. The molecular weight excluding hydrogens is 188 g/mol. The Labute approximate surface area is 93.3 Å². The molecule has 1 saturated heterocycles. The number of nitrogens with zero attached hydrogens (tertiary/aromatic N) is 1. The van der Waals surface area contributed by atoms with Crippen LogP contribution in [0.1, 0.15) is 27.2 Å². The molecule has 0 amide bonds. The van der Waals surface area contributed by atoms with E-state index in [1.165, 1.54) is 0 Å². The summed E-state index contributed by atoms with van der Waals surface area (Å²) in [5.74, 6) is 0. The standard InChI is InChI=1S/C12H24N2O/c1-5-15-9-12(11(4)13)6-7-14(8-12)10(2)3/h10H,4-9,13H2,1-3H3. The average Bonchev–Trinajstić information content (AvgIpc) is 2.60. The van der Waals surface area contributed by atoms with Crippen LogP contribution in [-0.4, -0.2) is 37.2 Å². The molecule has 1 fully saturated rings. The highest BCUT2D eigenvalue weighted by atomic mass is 16.5. The summed E-state index contributed by atoms with van der Waals surface area (Å²) in [5, 5.41) is 0. The molecule has 1 aliphatic rings. The fourth-order valence-electron chi connectivity index (χ4n) is 2.12. The maximum Gasteiger partial charge on any atom is 0.0589 e. The zero-order chi connectivity index (χ0) is 11.5. The normalized spacial score (nSPS) is 27.5. The third-order valence-electron chi connectivity index (χ3n) is 3.38. The van der Waals surface area contributed by atoms with Crippen molar-refractivity contribution in [1.29, 1.82) is 0 Å². The van der Waals surface area contributed by atoms with Crippen molar-refractivity contribution in [2.24, 2.45) is 11.1 Å². The summed E-state index contributed by atoms with van der Waals surface area (Å²) in [6.07, 6.45) is 1.07. The van der Waals surface area contributed by atoms with E-state index in [1.807, 2.05) is 6.92 Å². The lowest BCUT2D eigenvalue weighted by atomic mass is 9.85. The van der Waals surface area contributed by atoms with E-state index in [0.29, 0.717) is 12.6 Å². The van der Waals surface area contributed by atoms with E-state index in [2.05, 4.69) is 25.3 Å². The number of rotatable bonds is 5. The SMILES string of the molecule is C=C(N)C1(COCC)CCN(C(C)C)C1. The van der Waals surface area contributed by atoms with Crippen molar-refractivity contribution >= 4 is 0 Å². The van der Waals surface area contributed by atoms with E-state index in [-0.39, 0.29) is 5.41 Å². The predicted molar refractivity (Wildman–Crippen MR) is 63.6 cm³/mol. The number of likely N-dealkylation sites (tertiary alicyclic amines) is 1. The second-order valence-corrected chi connectivity index (χ2v) is 4.76. The Morgan fingerprint density at radius 1 is 1.60 bits per heavy atom. The predicted octanol–water partition coefficient (Wildman–Crippen LogP) is 1.60. The average molecular weight is 212 g/mol. The molecule has 0 aromatic rings. The molecule has 0 aromatic carbocycles. The minimum absolute atomic E-state index is 0.0136. The first-order valence-corrected chi connectivity index (χ1v) is 5.78. The van der Waals surface area contributed by atoms with E-state index < -0.39 is 0 Å². The lowest BCUT2D eigenvalue weighted by molar-refractivity contribution is 0.0714. The van der Waals surface area contributed by atoms with Gasteiger partial charge >= 0.3 is 0 Å². The second kappa shape index (κ2) is 4.99. The van der Waals surface area contributed by atoms with Crippen molar-refractivity contribution in [2.45, 2.75) is 33.2 Å². The Kier molecular flexibility index (Phi) is 4.17. The van der Waals surface area contributed by atoms with Crippen LogP contribution in [0.4, 0.5) is 0 Å². The van der Waals surface area contributed by atoms with E-state index in [0.717, 1.165) is 31.8 Å². The summed E-state index contributed by atoms with van der Waals surface area (Å²) >= 11 is 0. The first kappa shape index (κ1) is 12.5. The molecule has 0 bridgehead atoms. The van der Waals surface area contributed by atoms with Crippen molar-refractivity contribution in [3.05, 3.63) is 12.3 Å². The Morgan fingerprint density at radius 3 is 2.67 bits per heavy atom. The van der Waals surface area contributed by atoms with Gasteiger partial charge in [0.05, 0.1) is 6.61 Å². The van der Waals surface area contributed by atoms with Crippen molar-refractivity contribution in [1.82, 2.24) is 4.90 Å². The zero-order valence-electron chi connectivity index (χ0n) is 10.3. The van der Waals surface area contributed by atoms with Crippen LogP contribution in [0.3, 0.4) is 0 Å². The van der Waals surface area contributed by atoms with Gasteiger partial charge in [-0.05, 0) is 33.7 Å². The van der Waals surface area contributed by atoms with E-state index in [1.54, 1.807) is 0 Å². The first-order chi connectivity index (χ1) is 7.02. The molecule has 1 aliphatic heterocycles. The number of nitrogens with two attached hydrogens (primary N) is 1. The van der Waals surface area contributed by atoms with E-state index >= 15 is 0 Å². The Bertz CT molecular complexity index is 228. The summed E-state index contributed by atoms with van der Waals surface area (Å²) in [4.78, 5) is 2.44. The number of ether oxygens (including phenoxy) is 1. The van der Waals surface area contributed by atoms with Crippen molar-refractivity contribution in [3.63, 3.8) is 0 Å². The molecule has 1 heterocycles. The van der Waals surface area contributed by atoms with Gasteiger partial charge in [-0.15, -0.1) is 0 Å². The van der Waals surface area contributed by atoms with Crippen LogP contribution in [0.5, 0.6) is 0 Å². The third-order valence-corrected chi connectivity index (χ3v) is 3.38. The minimum atomic E-state index is -0.0136. The maximum atomic E-state index is 5.93. The molecular formula is C12H24N2O. The fraction of sp³-hybridized carbons (Fsp3) is 0.833. The monoisotopic (exact) mass is 212 g/mol. The molecule has 3 nitrogen and oxygen atoms in total. The summed E-state index contributed by atoms with van der Waals surface area (Å²) in [6, 6.07) is 0.577. The highest BCUT2D eigenvalue weighted by molar-refractivity contribution is 5.11. The number of hydrogen-bond donors (Lipinski definition) is 1. The van der Waals surface area contributed by atoms with Crippen LogP contribution in [0.25, 0.3) is 0 Å². The van der Waals surface area contributed by atoms with E-state index in [9.17, 15) is 0 Å². The molecule has 0 saturated carbocycles. The fourth-order valence-corrected chi connectivity index (χ4v) is 2.12. The maximum absolute atomic E-state index is 5.93. The van der Waals surface area contributed by atoms with Crippen molar-refractivity contribution in [3.8, 4) is 0 Å². The van der Waals surface area contributed by atoms with Crippen LogP contribution in [0.15, 0.2) is 12.3 Å². The van der Waals surface area contributed by atoms with Gasteiger partial charge in [-0.25, -0.2) is 0 Å². The van der Waals surface area contributed by atoms with Crippen molar-refractivity contribution in [2.75, 3.05) is 26.3 Å². The minimum Gasteiger partial charge on any atom is -0.402 e. The molecule has 3 heteroatoms. The summed E-state index contributed by atoms with van der Waals surface area (Å²) < 4.78 is 5.54. The largest absolute Gasteiger partial charge is 0.402 e. The van der Waals surface area contributed by atoms with Gasteiger partial charge in [-0.1, -0.05) is 6.58 Å². The molecule has 1 rings (SSSR count). The molecule has 1 atom stereocenters. The van der Waals surface area contributed by atoms with Gasteiger partial charge in [-0.3, -0.25) is 4.90 Å². The van der Waals surface area contributed by atoms with E-state index in [4.69, 9.17) is 10.5 Å². The third kappa shape index (κ3) is 2.73. The highest BCUT2D eigenvalue weighted by Gasteiger charge is 2.40. The molecule has 15 heavy (non-hydrogen) atoms. The smallest absolute Gasteiger partial charge is 0.0589 e. The van der Waals surface area contributed by atoms with Gasteiger partial charge < -0.3 is 10.5 Å². The van der Waals surface area contributed by atoms with Gasteiger partial charge in [0.15, 0.2) is 0 Å². The lowest BCUT2D eigenvalue weighted by Gasteiger charge is -2.30. The highest BCUT2D eigenvalue weighted by Crippen LogP contribution is 2.35. The molecule has 0 spiro atoms. The molecule has 2 N–H and O–H groups in total. The molecule has 0 radical (unpaired) electrons. The topological polar surface area (TPSA) is 38.5 Å². The number of hydrogen-bond acceptors (Lipinski definition) is 3. The first-order valence-electron chi connectivity index (χ1n) is 5.78. The quantitative estimate of drug-likeness (QED) is 0.752. The van der Waals surface area contributed by atoms with Crippen LogP contribution in [0, 0.1) is 5.41 Å². The van der Waals surface area contributed by atoms with Crippen LogP contribution in [-0.2, 0) is 4.74 Å². The second-order valence-electron chi connectivity index (χ2n) is 4.76. The van der Waals surface area contributed by atoms with Crippen LogP contribution >= 0.6 is 0 Å². The lowest BCUT2D eigenvalue weighted by Crippen LogP contribution is -2.38. The summed E-state index contributed by atoms with van der Waals surface area (Å²) in [6.45, 7) is 13.9. The summed E-state index contributed by atoms with van der Waals surface area (Å²) in [5.41, 5.74) is 6.70. The summed E-state index contributed by atoms with van der Waals surface area (Å²) in [7, 11) is 0. The van der Waals surface area contributed by atoms with Crippen LogP contribution < -0.4 is 5.73 Å². The van der Waals surface area contributed by atoms with Crippen molar-refractivity contribution < 1.29 is 4.74 Å².